The number of rotatable bonds is 21. The molecule has 0 spiro atoms. The minimum absolute atomic E-state index is 1.20. The molecule has 0 unspecified atom stereocenters. The summed E-state index contributed by atoms with van der Waals surface area (Å²) in [5, 5.41) is 0. The molecule has 0 aliphatic heterocycles. The summed E-state index contributed by atoms with van der Waals surface area (Å²) in [4.78, 5) is 0. The van der Waals surface area contributed by atoms with Gasteiger partial charge in [-0.15, -0.1) is 13.2 Å². The third-order valence-corrected chi connectivity index (χ3v) is 5.07. The highest BCUT2D eigenvalue weighted by atomic mass is 14.0. The lowest BCUT2D eigenvalue weighted by atomic mass is 10.0. The van der Waals surface area contributed by atoms with Crippen LogP contribution in [0.3, 0.4) is 0 Å². The molecule has 0 aromatic rings. The van der Waals surface area contributed by atoms with Gasteiger partial charge in [-0.3, -0.25) is 0 Å². The molecule has 0 atom stereocenters. The molecule has 0 aliphatic rings. The van der Waals surface area contributed by atoms with Crippen LogP contribution < -0.4 is 0 Å². The van der Waals surface area contributed by atoms with E-state index in [1.807, 2.05) is 12.2 Å². The van der Waals surface area contributed by atoms with Crippen molar-refractivity contribution in [1.29, 1.82) is 0 Å². The lowest BCUT2D eigenvalue weighted by molar-refractivity contribution is 0.524. The normalized spacial score (nSPS) is 10.8. The van der Waals surface area contributed by atoms with E-state index in [2.05, 4.69) is 13.2 Å². The molecule has 0 saturated heterocycles. The monoisotopic (exact) mass is 334 g/mol. The fourth-order valence-electron chi connectivity index (χ4n) is 3.41. The molecule has 0 aliphatic carbocycles. The van der Waals surface area contributed by atoms with Gasteiger partial charge >= 0.3 is 0 Å². The third-order valence-electron chi connectivity index (χ3n) is 5.07. The Hall–Kier alpha value is -0.520. The fraction of sp³-hybridized carbons (Fsp3) is 0.833. The zero-order valence-electron chi connectivity index (χ0n) is 16.7. The summed E-state index contributed by atoms with van der Waals surface area (Å²) in [5.41, 5.74) is 0. The predicted octanol–water partition coefficient (Wildman–Crippen LogP) is 9.16. The van der Waals surface area contributed by atoms with Gasteiger partial charge in [0.1, 0.15) is 0 Å². The second-order valence-corrected chi connectivity index (χ2v) is 7.52. The van der Waals surface area contributed by atoms with Crippen LogP contribution in [0, 0.1) is 0 Å². The van der Waals surface area contributed by atoms with Gasteiger partial charge in [-0.1, -0.05) is 115 Å². The van der Waals surface area contributed by atoms with Crippen LogP contribution in [0.15, 0.2) is 25.3 Å². The Balaban J connectivity index is 2.95. The Morgan fingerprint density at radius 2 is 0.458 bits per heavy atom. The van der Waals surface area contributed by atoms with Crippen LogP contribution in [0.4, 0.5) is 0 Å². The molecule has 0 amide bonds. The van der Waals surface area contributed by atoms with Gasteiger partial charge in [0.25, 0.3) is 0 Å². The van der Waals surface area contributed by atoms with Crippen LogP contribution in [0.25, 0.3) is 0 Å². The second kappa shape index (κ2) is 22.5. The smallest absolute Gasteiger partial charge is 0.0353 e. The summed E-state index contributed by atoms with van der Waals surface area (Å²) in [6.45, 7) is 7.56. The van der Waals surface area contributed by atoms with Gasteiger partial charge in [-0.05, 0) is 25.7 Å². The Labute approximate surface area is 154 Å². The Bertz CT molecular complexity index is 214. The van der Waals surface area contributed by atoms with E-state index in [0.29, 0.717) is 0 Å². The summed E-state index contributed by atoms with van der Waals surface area (Å²) >= 11 is 0. The van der Waals surface area contributed by atoms with Crippen molar-refractivity contribution in [3.8, 4) is 0 Å². The first-order valence-electron chi connectivity index (χ1n) is 11.1. The minimum Gasteiger partial charge on any atom is -0.103 e. The molecular weight excluding hydrogens is 288 g/mol. The maximum absolute atomic E-state index is 3.78. The van der Waals surface area contributed by atoms with E-state index in [-0.39, 0.29) is 0 Å². The highest BCUT2D eigenvalue weighted by Crippen LogP contribution is 2.14. The summed E-state index contributed by atoms with van der Waals surface area (Å²) in [6.07, 6.45) is 32.4. The molecule has 0 aromatic carbocycles. The van der Waals surface area contributed by atoms with E-state index in [1.54, 1.807) is 0 Å². The quantitative estimate of drug-likeness (QED) is 0.145. The first-order chi connectivity index (χ1) is 11.9. The van der Waals surface area contributed by atoms with Crippen LogP contribution >= 0.6 is 0 Å². The minimum atomic E-state index is 1.20. The van der Waals surface area contributed by atoms with Gasteiger partial charge in [0.15, 0.2) is 0 Å². The SMILES string of the molecule is C=CCCCCCCCCCCCCCCCCCCCCC=C. The van der Waals surface area contributed by atoms with Gasteiger partial charge in [-0.25, -0.2) is 0 Å². The number of allylic oxidation sites excluding steroid dienone is 2. The highest BCUT2D eigenvalue weighted by molar-refractivity contribution is 4.65. The molecule has 0 fully saturated rings. The van der Waals surface area contributed by atoms with Crippen LogP contribution in [0.1, 0.15) is 128 Å². The van der Waals surface area contributed by atoms with Gasteiger partial charge in [-0.2, -0.15) is 0 Å². The first-order valence-corrected chi connectivity index (χ1v) is 11.1. The Morgan fingerprint density at radius 3 is 0.625 bits per heavy atom. The van der Waals surface area contributed by atoms with E-state index < -0.39 is 0 Å². The fourth-order valence-corrected chi connectivity index (χ4v) is 3.41. The summed E-state index contributed by atoms with van der Waals surface area (Å²) in [6, 6.07) is 0. The molecule has 0 N–H and O–H groups in total. The maximum Gasteiger partial charge on any atom is -0.0353 e. The van der Waals surface area contributed by atoms with Crippen LogP contribution in [0.2, 0.25) is 0 Å². The van der Waals surface area contributed by atoms with Crippen molar-refractivity contribution in [2.75, 3.05) is 0 Å². The second-order valence-electron chi connectivity index (χ2n) is 7.52. The van der Waals surface area contributed by atoms with Crippen molar-refractivity contribution >= 4 is 0 Å². The third kappa shape index (κ3) is 21.5. The standard InChI is InChI=1S/C24H46/c1-3-5-7-9-11-13-15-17-19-21-23-24-22-20-18-16-14-12-10-8-6-4-2/h3-4H,1-2,5-24H2. The largest absolute Gasteiger partial charge is 0.103 e. The van der Waals surface area contributed by atoms with Gasteiger partial charge in [0.2, 0.25) is 0 Å². The maximum atomic E-state index is 3.78. The molecule has 0 heterocycles. The number of hydrogen-bond acceptors (Lipinski definition) is 0. The van der Waals surface area contributed by atoms with Crippen LogP contribution in [-0.2, 0) is 0 Å². The summed E-state index contributed by atoms with van der Waals surface area (Å²) in [7, 11) is 0. The Kier molecular flexibility index (Phi) is 22.0. The predicted molar refractivity (Wildman–Crippen MR) is 113 cm³/mol. The van der Waals surface area contributed by atoms with E-state index in [9.17, 15) is 0 Å². The van der Waals surface area contributed by atoms with Crippen molar-refractivity contribution in [2.45, 2.75) is 128 Å². The van der Waals surface area contributed by atoms with Gasteiger partial charge in [0, 0.05) is 0 Å². The highest BCUT2D eigenvalue weighted by Gasteiger charge is 1.95. The lowest BCUT2D eigenvalue weighted by Gasteiger charge is -2.03. The number of hydrogen-bond donors (Lipinski definition) is 0. The molecule has 0 bridgehead atoms. The molecule has 142 valence electrons. The molecule has 0 radical (unpaired) electrons. The van der Waals surface area contributed by atoms with E-state index in [0.717, 1.165) is 0 Å². The van der Waals surface area contributed by atoms with Gasteiger partial charge in [0.05, 0.1) is 0 Å². The van der Waals surface area contributed by atoms with Crippen molar-refractivity contribution in [3.63, 3.8) is 0 Å². The Morgan fingerprint density at radius 1 is 0.292 bits per heavy atom. The van der Waals surface area contributed by atoms with Crippen molar-refractivity contribution in [3.05, 3.63) is 25.3 Å². The zero-order valence-corrected chi connectivity index (χ0v) is 16.7. The average Bonchev–Trinajstić information content (AvgIpc) is 2.60. The molecule has 0 saturated carbocycles. The summed E-state index contributed by atoms with van der Waals surface area (Å²) in [5.74, 6) is 0. The number of unbranched alkanes of at least 4 members (excludes halogenated alkanes) is 19. The molecule has 24 heavy (non-hydrogen) atoms. The van der Waals surface area contributed by atoms with E-state index in [1.165, 1.54) is 128 Å². The zero-order chi connectivity index (χ0) is 17.6. The molecular formula is C24H46. The van der Waals surface area contributed by atoms with Crippen molar-refractivity contribution in [1.82, 2.24) is 0 Å². The van der Waals surface area contributed by atoms with Crippen molar-refractivity contribution in [2.24, 2.45) is 0 Å². The molecule has 0 rings (SSSR count). The average molecular weight is 335 g/mol. The van der Waals surface area contributed by atoms with Crippen LogP contribution in [0.5, 0.6) is 0 Å². The van der Waals surface area contributed by atoms with E-state index >= 15 is 0 Å². The molecule has 0 nitrogen and oxygen atoms in total. The topological polar surface area (TPSA) is 0 Å². The van der Waals surface area contributed by atoms with E-state index in [4.69, 9.17) is 0 Å². The molecule has 0 aromatic heterocycles. The summed E-state index contributed by atoms with van der Waals surface area (Å²) < 4.78 is 0. The molecule has 0 heteroatoms. The lowest BCUT2D eigenvalue weighted by Crippen LogP contribution is -1.84. The van der Waals surface area contributed by atoms with Crippen LogP contribution in [-0.4, -0.2) is 0 Å². The van der Waals surface area contributed by atoms with Crippen molar-refractivity contribution < 1.29 is 0 Å². The van der Waals surface area contributed by atoms with Gasteiger partial charge < -0.3 is 0 Å². The first kappa shape index (κ1) is 23.5.